The number of sulfonamides is 1. The van der Waals surface area contributed by atoms with Crippen molar-refractivity contribution in [1.82, 2.24) is 4.31 Å². The van der Waals surface area contributed by atoms with Gasteiger partial charge in [-0.15, -0.1) is 0 Å². The van der Waals surface area contributed by atoms with Crippen molar-refractivity contribution in [3.8, 4) is 0 Å². The van der Waals surface area contributed by atoms with Crippen molar-refractivity contribution in [1.29, 1.82) is 0 Å². The Balaban J connectivity index is 3.28. The molecule has 1 atom stereocenters. The normalized spacial score (nSPS) is 21.3. The fraction of sp³-hybridized carbons (Fsp3) is 1.00. The maximum atomic E-state index is 13.5. The summed E-state index contributed by atoms with van der Waals surface area (Å²) in [6.45, 7) is -1.06. The molecule has 0 radical (unpaired) electrons. The minimum atomic E-state index is -6.61. The molecule has 1 fully saturated rings. The summed E-state index contributed by atoms with van der Waals surface area (Å²) in [6, 6.07) is 0. The van der Waals surface area contributed by atoms with Gasteiger partial charge in [-0.2, -0.15) is 30.6 Å². The van der Waals surface area contributed by atoms with Crippen LogP contribution in [0.4, 0.5) is 26.3 Å². The van der Waals surface area contributed by atoms with Crippen LogP contribution in [0.25, 0.3) is 0 Å². The molecule has 0 aromatic heterocycles. The second-order valence-electron chi connectivity index (χ2n) is 4.31. The Bertz CT molecular complexity index is 517. The molecule has 1 aliphatic rings. The van der Waals surface area contributed by atoms with E-state index in [1.54, 1.807) is 0 Å². The summed E-state index contributed by atoms with van der Waals surface area (Å²) >= 11 is -4.93. The molecule has 1 saturated heterocycles. The van der Waals surface area contributed by atoms with Gasteiger partial charge in [-0.1, -0.05) is 6.42 Å². The predicted molar refractivity (Wildman–Crippen MR) is 58.1 cm³/mol. The van der Waals surface area contributed by atoms with Crippen molar-refractivity contribution >= 4 is 21.1 Å². The molecule has 5 nitrogen and oxygen atoms in total. The van der Waals surface area contributed by atoms with Crippen LogP contribution in [-0.2, 0) is 21.1 Å². The summed E-state index contributed by atoms with van der Waals surface area (Å²) in [4.78, 5) is 0. The summed E-state index contributed by atoms with van der Waals surface area (Å²) in [6.07, 6.45) is 0.671. The van der Waals surface area contributed by atoms with Crippen LogP contribution < -0.4 is 0 Å². The van der Waals surface area contributed by atoms with E-state index in [2.05, 4.69) is 0 Å². The monoisotopic (exact) mass is 362 g/mol. The lowest BCUT2D eigenvalue weighted by molar-refractivity contribution is -0.245. The summed E-state index contributed by atoms with van der Waals surface area (Å²) in [5.74, 6) is -6.61. The lowest BCUT2D eigenvalue weighted by atomic mass is 10.2. The third-order valence-corrected chi connectivity index (χ3v) is 5.54. The van der Waals surface area contributed by atoms with E-state index in [9.17, 15) is 43.5 Å². The maximum absolute atomic E-state index is 13.5. The molecule has 21 heavy (non-hydrogen) atoms. The molecular formula is C8H10F6NO4S2-. The fourth-order valence-corrected chi connectivity index (χ4v) is 3.62. The van der Waals surface area contributed by atoms with Gasteiger partial charge in [0.1, 0.15) is 0 Å². The molecule has 0 N–H and O–H groups in total. The zero-order valence-electron chi connectivity index (χ0n) is 10.2. The molecule has 0 spiro atoms. The zero-order valence-corrected chi connectivity index (χ0v) is 11.8. The molecule has 0 aromatic rings. The first-order valence-electron chi connectivity index (χ1n) is 5.52. The number of piperidine rings is 1. The Labute approximate surface area is 118 Å². The minimum absolute atomic E-state index is 0.0335. The van der Waals surface area contributed by atoms with Gasteiger partial charge in [0.2, 0.25) is 0 Å². The smallest absolute Gasteiger partial charge is 0.428 e. The van der Waals surface area contributed by atoms with E-state index in [1.807, 2.05) is 0 Å². The van der Waals surface area contributed by atoms with E-state index in [0.717, 1.165) is 0 Å². The molecular weight excluding hydrogens is 352 g/mol. The highest BCUT2D eigenvalue weighted by Gasteiger charge is 2.78. The topological polar surface area (TPSA) is 77.5 Å². The van der Waals surface area contributed by atoms with Gasteiger partial charge in [-0.3, -0.25) is 4.21 Å². The van der Waals surface area contributed by atoms with Crippen LogP contribution in [0.15, 0.2) is 0 Å². The number of hydrogen-bond donors (Lipinski definition) is 0. The first kappa shape index (κ1) is 18.6. The maximum Gasteiger partial charge on any atom is 0.428 e. The van der Waals surface area contributed by atoms with Crippen LogP contribution in [0.3, 0.4) is 0 Å². The standard InChI is InChI=1S/C8H11F6NO4S2/c9-6(10,7(11,12)20(16)17)8(13,14)21(18,19)15-4-2-1-3-5-15/h1-5H2,(H,16,17)/p-1. The van der Waals surface area contributed by atoms with E-state index in [1.165, 1.54) is 0 Å². The first-order valence-corrected chi connectivity index (χ1v) is 8.04. The van der Waals surface area contributed by atoms with Crippen LogP contribution in [0, 0.1) is 0 Å². The van der Waals surface area contributed by atoms with Crippen molar-refractivity contribution < 1.29 is 43.5 Å². The zero-order chi connectivity index (χ0) is 16.7. The van der Waals surface area contributed by atoms with E-state index >= 15 is 0 Å². The number of halogens is 6. The Morgan fingerprint density at radius 3 is 1.76 bits per heavy atom. The summed E-state index contributed by atoms with van der Waals surface area (Å²) in [5, 5.41) is -12.5. The Morgan fingerprint density at radius 2 is 1.38 bits per heavy atom. The molecule has 13 heteroatoms. The molecule has 1 aliphatic heterocycles. The van der Waals surface area contributed by atoms with E-state index in [0.29, 0.717) is 6.42 Å². The van der Waals surface area contributed by atoms with Crippen LogP contribution in [0.1, 0.15) is 19.3 Å². The number of rotatable bonds is 5. The highest BCUT2D eigenvalue weighted by atomic mass is 32.2. The van der Waals surface area contributed by atoms with Gasteiger partial charge in [0.05, 0.1) is 0 Å². The SMILES string of the molecule is O=S([O-])C(F)(F)C(F)(F)C(F)(F)S(=O)(=O)N1CCCCC1. The average Bonchev–Trinajstić information content (AvgIpc) is 2.38. The minimum Gasteiger partial charge on any atom is -0.768 e. The quantitative estimate of drug-likeness (QED) is 0.549. The van der Waals surface area contributed by atoms with Crippen LogP contribution in [0.2, 0.25) is 0 Å². The van der Waals surface area contributed by atoms with E-state index in [4.69, 9.17) is 0 Å². The third-order valence-electron chi connectivity index (χ3n) is 2.92. The highest BCUT2D eigenvalue weighted by Crippen LogP contribution is 2.50. The lowest BCUT2D eigenvalue weighted by Gasteiger charge is -2.36. The first-order chi connectivity index (χ1) is 9.30. The van der Waals surface area contributed by atoms with E-state index < -0.39 is 50.6 Å². The van der Waals surface area contributed by atoms with Crippen molar-refractivity contribution in [2.75, 3.05) is 13.1 Å². The van der Waals surface area contributed by atoms with Crippen molar-refractivity contribution in [2.45, 2.75) is 35.7 Å². The molecule has 1 unspecified atom stereocenters. The Morgan fingerprint density at radius 1 is 0.952 bits per heavy atom. The molecule has 1 heterocycles. The lowest BCUT2D eigenvalue weighted by Crippen LogP contribution is -2.62. The van der Waals surface area contributed by atoms with Crippen molar-refractivity contribution in [3.63, 3.8) is 0 Å². The molecule has 0 saturated carbocycles. The fourth-order valence-electron chi connectivity index (χ4n) is 1.70. The van der Waals surface area contributed by atoms with Gasteiger partial charge in [0.15, 0.2) is 0 Å². The second kappa shape index (κ2) is 5.66. The van der Waals surface area contributed by atoms with Gasteiger partial charge in [-0.25, -0.2) is 8.42 Å². The number of hydrogen-bond acceptors (Lipinski definition) is 4. The van der Waals surface area contributed by atoms with Crippen LogP contribution in [-0.4, -0.2) is 51.0 Å². The van der Waals surface area contributed by atoms with Gasteiger partial charge < -0.3 is 4.55 Å². The van der Waals surface area contributed by atoms with Crippen LogP contribution >= 0.6 is 0 Å². The van der Waals surface area contributed by atoms with Gasteiger partial charge in [0.25, 0.3) is 10.0 Å². The largest absolute Gasteiger partial charge is 0.768 e. The van der Waals surface area contributed by atoms with Gasteiger partial charge in [0, 0.05) is 24.2 Å². The molecule has 0 bridgehead atoms. The average molecular weight is 362 g/mol. The number of nitrogens with zero attached hydrogens (tertiary/aromatic N) is 1. The molecule has 1 rings (SSSR count). The van der Waals surface area contributed by atoms with E-state index in [-0.39, 0.29) is 17.1 Å². The van der Waals surface area contributed by atoms with Gasteiger partial charge in [-0.05, 0) is 12.8 Å². The molecule has 126 valence electrons. The van der Waals surface area contributed by atoms with Crippen LogP contribution in [0.5, 0.6) is 0 Å². The molecule has 0 aromatic carbocycles. The predicted octanol–water partition coefficient (Wildman–Crippen LogP) is 1.50. The third kappa shape index (κ3) is 2.80. The van der Waals surface area contributed by atoms with Crippen molar-refractivity contribution in [3.05, 3.63) is 0 Å². The second-order valence-corrected chi connectivity index (χ2v) is 7.27. The van der Waals surface area contributed by atoms with Crippen molar-refractivity contribution in [2.24, 2.45) is 0 Å². The molecule has 0 aliphatic carbocycles. The summed E-state index contributed by atoms with van der Waals surface area (Å²) in [5.41, 5.74) is 0. The molecule has 0 amide bonds. The summed E-state index contributed by atoms with van der Waals surface area (Å²) < 4.78 is 122. The Kier molecular flexibility index (Phi) is 5.03. The Hall–Kier alpha value is -0.400. The summed E-state index contributed by atoms with van der Waals surface area (Å²) in [7, 11) is -6.14. The number of alkyl halides is 6. The van der Waals surface area contributed by atoms with Gasteiger partial charge >= 0.3 is 16.4 Å². The highest BCUT2D eigenvalue weighted by molar-refractivity contribution is 7.90.